The van der Waals surface area contributed by atoms with E-state index < -0.39 is 22.5 Å². The molecule has 0 atom stereocenters. The molecule has 0 fully saturated rings. The third kappa shape index (κ3) is 5.43. The molecule has 0 radical (unpaired) electrons. The molecule has 0 spiro atoms. The lowest BCUT2D eigenvalue weighted by Crippen LogP contribution is -2.40. The van der Waals surface area contributed by atoms with Crippen molar-refractivity contribution in [1.29, 1.82) is 0 Å². The maximum Gasteiger partial charge on any atom is 0.264 e. The summed E-state index contributed by atoms with van der Waals surface area (Å²) >= 11 is 7.59. The van der Waals surface area contributed by atoms with Gasteiger partial charge in [-0.25, -0.2) is 13.8 Å². The summed E-state index contributed by atoms with van der Waals surface area (Å²) in [4.78, 5) is 13.6. The van der Waals surface area contributed by atoms with Gasteiger partial charge in [-0.3, -0.25) is 9.10 Å². The van der Waals surface area contributed by atoms with Crippen LogP contribution in [-0.4, -0.2) is 33.7 Å². The van der Waals surface area contributed by atoms with Gasteiger partial charge in [-0.15, -0.1) is 11.3 Å². The predicted octanol–water partition coefficient (Wildman–Crippen LogP) is 4.15. The van der Waals surface area contributed by atoms with Gasteiger partial charge in [-0.2, -0.15) is 5.10 Å². The van der Waals surface area contributed by atoms with Gasteiger partial charge >= 0.3 is 0 Å². The van der Waals surface area contributed by atoms with Crippen LogP contribution in [-0.2, 0) is 14.8 Å². The van der Waals surface area contributed by atoms with Crippen molar-refractivity contribution in [1.82, 2.24) is 5.43 Å². The number of rotatable bonds is 8. The van der Waals surface area contributed by atoms with Crippen LogP contribution in [0, 0.1) is 0 Å². The SMILES string of the molecule is COc1ccc(Cl)cc1N(CC(=O)NN=C(C)c1cccs1)S(=O)(=O)c1ccccc1. The fraction of sp³-hybridized carbons (Fsp3) is 0.143. The molecule has 31 heavy (non-hydrogen) atoms. The number of thiophene rings is 1. The van der Waals surface area contributed by atoms with Crippen LogP contribution < -0.4 is 14.5 Å². The van der Waals surface area contributed by atoms with Crippen LogP contribution >= 0.6 is 22.9 Å². The van der Waals surface area contributed by atoms with Crippen molar-refractivity contribution in [2.75, 3.05) is 18.0 Å². The first kappa shape index (κ1) is 22.8. The molecule has 0 aliphatic carbocycles. The lowest BCUT2D eigenvalue weighted by atomic mass is 10.3. The van der Waals surface area contributed by atoms with Crippen LogP contribution in [0.1, 0.15) is 11.8 Å². The van der Waals surface area contributed by atoms with E-state index in [1.807, 2.05) is 17.5 Å². The summed E-state index contributed by atoms with van der Waals surface area (Å²) in [7, 11) is -2.68. The van der Waals surface area contributed by atoms with E-state index in [2.05, 4.69) is 10.5 Å². The van der Waals surface area contributed by atoms with Crippen LogP contribution in [0.3, 0.4) is 0 Å². The van der Waals surface area contributed by atoms with Gasteiger partial charge in [0.05, 0.1) is 23.4 Å². The van der Waals surface area contributed by atoms with E-state index in [0.717, 1.165) is 9.18 Å². The van der Waals surface area contributed by atoms with E-state index >= 15 is 0 Å². The van der Waals surface area contributed by atoms with Gasteiger partial charge < -0.3 is 4.74 Å². The molecule has 0 bridgehead atoms. The largest absolute Gasteiger partial charge is 0.495 e. The summed E-state index contributed by atoms with van der Waals surface area (Å²) < 4.78 is 33.0. The number of halogens is 1. The van der Waals surface area contributed by atoms with Gasteiger partial charge in [0.2, 0.25) is 0 Å². The van der Waals surface area contributed by atoms with Gasteiger partial charge in [0.1, 0.15) is 12.3 Å². The van der Waals surface area contributed by atoms with Crippen molar-refractivity contribution in [2.24, 2.45) is 5.10 Å². The molecule has 0 saturated heterocycles. The van der Waals surface area contributed by atoms with E-state index in [9.17, 15) is 13.2 Å². The lowest BCUT2D eigenvalue weighted by molar-refractivity contribution is -0.119. The van der Waals surface area contributed by atoms with Gasteiger partial charge in [-0.05, 0) is 48.7 Å². The Bertz CT molecular complexity index is 1180. The van der Waals surface area contributed by atoms with Crippen molar-refractivity contribution >= 4 is 50.3 Å². The number of hydrogen-bond acceptors (Lipinski definition) is 6. The van der Waals surface area contributed by atoms with Gasteiger partial charge in [0, 0.05) is 9.90 Å². The minimum absolute atomic E-state index is 0.0306. The molecule has 1 aromatic heterocycles. The monoisotopic (exact) mass is 477 g/mol. The van der Waals surface area contributed by atoms with E-state index in [0.29, 0.717) is 10.7 Å². The van der Waals surface area contributed by atoms with Crippen LogP contribution in [0.15, 0.2) is 76.0 Å². The number of nitrogens with one attached hydrogen (secondary N) is 1. The molecule has 0 aliphatic heterocycles. The van der Waals surface area contributed by atoms with E-state index in [4.69, 9.17) is 16.3 Å². The summed E-state index contributed by atoms with van der Waals surface area (Å²) in [5.41, 5.74) is 3.18. The molecule has 7 nitrogen and oxygen atoms in total. The standard InChI is InChI=1S/C21H20ClN3O4S2/c1-15(20-9-6-12-30-20)23-24-21(26)14-25(18-13-16(22)10-11-19(18)29-2)31(27,28)17-7-4-3-5-8-17/h3-13H,14H2,1-2H3,(H,24,26). The Morgan fingerprint density at radius 1 is 1.16 bits per heavy atom. The summed E-state index contributed by atoms with van der Waals surface area (Å²) in [5.74, 6) is -0.354. The van der Waals surface area contributed by atoms with Crippen molar-refractivity contribution in [3.63, 3.8) is 0 Å². The first-order valence-corrected chi connectivity index (χ1v) is 11.8. The molecule has 162 valence electrons. The lowest BCUT2D eigenvalue weighted by Gasteiger charge is -2.25. The first-order valence-electron chi connectivity index (χ1n) is 9.11. The number of benzene rings is 2. The Morgan fingerprint density at radius 2 is 1.90 bits per heavy atom. The van der Waals surface area contributed by atoms with Gasteiger partial charge in [0.15, 0.2) is 0 Å². The number of ether oxygens (including phenoxy) is 1. The zero-order valence-electron chi connectivity index (χ0n) is 16.8. The Hall–Kier alpha value is -2.88. The second-order valence-corrected chi connectivity index (χ2v) is 9.60. The molecular weight excluding hydrogens is 458 g/mol. The highest BCUT2D eigenvalue weighted by Gasteiger charge is 2.29. The van der Waals surface area contributed by atoms with Crippen LogP contribution in [0.2, 0.25) is 5.02 Å². The molecule has 0 aliphatic rings. The summed E-state index contributed by atoms with van der Waals surface area (Å²) in [6, 6.07) is 16.1. The number of carbonyl (C=O) groups is 1. The zero-order valence-corrected chi connectivity index (χ0v) is 19.2. The highest BCUT2D eigenvalue weighted by molar-refractivity contribution is 7.92. The predicted molar refractivity (Wildman–Crippen MR) is 124 cm³/mol. The molecule has 1 heterocycles. The summed E-state index contributed by atoms with van der Waals surface area (Å²) in [5, 5.41) is 6.28. The molecule has 0 unspecified atom stereocenters. The van der Waals surface area contributed by atoms with Gasteiger partial charge in [-0.1, -0.05) is 35.9 Å². The molecule has 1 N–H and O–H groups in total. The van der Waals surface area contributed by atoms with E-state index in [-0.39, 0.29) is 16.3 Å². The Morgan fingerprint density at radius 3 is 2.55 bits per heavy atom. The number of carbonyl (C=O) groups excluding carboxylic acids is 1. The van der Waals surface area contributed by atoms with Crippen LogP contribution in [0.25, 0.3) is 0 Å². The number of anilines is 1. The highest BCUT2D eigenvalue weighted by atomic mass is 35.5. The topological polar surface area (TPSA) is 88.1 Å². The third-order valence-electron chi connectivity index (χ3n) is 4.25. The van der Waals surface area contributed by atoms with Crippen LogP contribution in [0.5, 0.6) is 5.75 Å². The summed E-state index contributed by atoms with van der Waals surface area (Å²) in [6.07, 6.45) is 0. The first-order chi connectivity index (χ1) is 14.8. The Kier molecular flexibility index (Phi) is 7.32. The molecule has 10 heteroatoms. The van der Waals surface area contributed by atoms with Crippen molar-refractivity contribution in [3.8, 4) is 5.75 Å². The smallest absolute Gasteiger partial charge is 0.264 e. The average molecular weight is 478 g/mol. The normalized spacial score (nSPS) is 11.8. The maximum absolute atomic E-state index is 13.4. The number of sulfonamides is 1. The fourth-order valence-electron chi connectivity index (χ4n) is 2.73. The number of methoxy groups -OCH3 is 1. The minimum atomic E-state index is -4.09. The van der Waals surface area contributed by atoms with Crippen molar-refractivity contribution in [2.45, 2.75) is 11.8 Å². The average Bonchev–Trinajstić information content (AvgIpc) is 3.31. The fourth-order valence-corrected chi connectivity index (χ4v) is 5.02. The van der Waals surface area contributed by atoms with E-state index in [1.165, 1.54) is 36.6 Å². The van der Waals surface area contributed by atoms with Crippen molar-refractivity contribution < 1.29 is 17.9 Å². The molecule has 3 rings (SSSR count). The Balaban J connectivity index is 1.96. The van der Waals surface area contributed by atoms with Crippen molar-refractivity contribution in [3.05, 3.63) is 75.9 Å². The number of amides is 1. The quantitative estimate of drug-likeness (QED) is 0.390. The maximum atomic E-state index is 13.4. The highest BCUT2D eigenvalue weighted by Crippen LogP contribution is 2.34. The van der Waals surface area contributed by atoms with Gasteiger partial charge in [0.25, 0.3) is 15.9 Å². The molecule has 0 saturated carbocycles. The zero-order chi connectivity index (χ0) is 22.4. The second-order valence-electron chi connectivity index (χ2n) is 6.35. The van der Waals surface area contributed by atoms with E-state index in [1.54, 1.807) is 37.3 Å². The second kappa shape index (κ2) is 9.95. The molecule has 1 amide bonds. The Labute approximate surface area is 190 Å². The number of hydrogen-bond donors (Lipinski definition) is 1. The number of nitrogens with zero attached hydrogens (tertiary/aromatic N) is 2. The molecule has 3 aromatic rings. The summed E-state index contributed by atoms with van der Waals surface area (Å²) in [6.45, 7) is 1.24. The third-order valence-corrected chi connectivity index (χ3v) is 7.24. The van der Waals surface area contributed by atoms with Crippen LogP contribution in [0.4, 0.5) is 5.69 Å². The number of hydrazone groups is 1. The molecular formula is C21H20ClN3O4S2. The minimum Gasteiger partial charge on any atom is -0.495 e. The molecule has 2 aromatic carbocycles.